The molecule has 4 aromatic rings. The maximum Gasteiger partial charge on any atom is 0.326 e. The first kappa shape index (κ1) is 53.0. The highest BCUT2D eigenvalue weighted by Crippen LogP contribution is 2.45. The number of fused-ring (bicyclic) bond motifs is 5. The van der Waals surface area contributed by atoms with Crippen LogP contribution in [0.3, 0.4) is 0 Å². The fraction of sp³-hybridized carbons (Fsp3) is 0.400. The topological polar surface area (TPSA) is 380 Å². The van der Waals surface area contributed by atoms with Gasteiger partial charge in [-0.05, 0) is 66.3 Å². The summed E-state index contributed by atoms with van der Waals surface area (Å²) in [5.74, 6) is -6.30. The van der Waals surface area contributed by atoms with E-state index in [9.17, 15) is 47.7 Å². The highest BCUT2D eigenvalue weighted by Gasteiger charge is 2.37. The lowest BCUT2D eigenvalue weighted by atomic mass is 9.87. The molecule has 4 amide bonds. The molecule has 24 heteroatoms. The quantitative estimate of drug-likeness (QED) is 0.0597. The Labute approximate surface area is 398 Å². The number of aliphatic hydroxyl groups excluding tert-OH is 1. The Hall–Kier alpha value is -6.96. The average Bonchev–Trinajstić information content (AvgIpc) is 3.29. The number of aliphatic carboxylic acids is 1. The average molecular weight is 978 g/mol. The van der Waals surface area contributed by atoms with Crippen molar-refractivity contribution in [3.05, 3.63) is 83.0 Å². The lowest BCUT2D eigenvalue weighted by Crippen LogP contribution is -2.57. The van der Waals surface area contributed by atoms with E-state index in [0.29, 0.717) is 17.5 Å². The van der Waals surface area contributed by atoms with Crippen molar-refractivity contribution in [3.8, 4) is 39.8 Å². The summed E-state index contributed by atoms with van der Waals surface area (Å²) < 4.78 is 38.3. The fourth-order valence-electron chi connectivity index (χ4n) is 7.14. The van der Waals surface area contributed by atoms with Crippen LogP contribution in [0.4, 0.5) is 5.82 Å². The van der Waals surface area contributed by atoms with Crippen LogP contribution in [-0.4, -0.2) is 132 Å². The fourth-order valence-corrected chi connectivity index (χ4v) is 7.54. The molecule has 2 heterocycles. The molecule has 0 saturated carbocycles. The summed E-state index contributed by atoms with van der Waals surface area (Å²) >= 11 is 0. The third kappa shape index (κ3) is 13.6. The number of aromatic nitrogens is 2. The summed E-state index contributed by atoms with van der Waals surface area (Å²) in [6.45, 7) is 6.24. The Morgan fingerprint density at radius 2 is 1.68 bits per heavy atom. The summed E-state index contributed by atoms with van der Waals surface area (Å²) in [7, 11) is -3.38. The molecule has 0 saturated heterocycles. The summed E-state index contributed by atoms with van der Waals surface area (Å²) in [4.78, 5) is 78.7. The van der Waals surface area contributed by atoms with E-state index in [1.807, 2.05) is 16.9 Å². The van der Waals surface area contributed by atoms with E-state index in [4.69, 9.17) is 31.8 Å². The lowest BCUT2D eigenvalue weighted by Gasteiger charge is -2.33. The van der Waals surface area contributed by atoms with Crippen LogP contribution in [0.5, 0.6) is 17.2 Å². The Morgan fingerprint density at radius 3 is 2.29 bits per heavy atom. The molecule has 5 atom stereocenters. The predicted octanol–water partition coefficient (Wildman–Crippen LogP) is -0.457. The first-order chi connectivity index (χ1) is 32.4. The van der Waals surface area contributed by atoms with E-state index >= 15 is 0 Å². The molecule has 0 spiro atoms. The molecule has 5 rings (SSSR count). The van der Waals surface area contributed by atoms with Gasteiger partial charge in [-0.15, -0.1) is 0 Å². The van der Waals surface area contributed by atoms with Crippen LogP contribution in [0.15, 0.2) is 60.8 Å². The zero-order chi connectivity index (χ0) is 51.0. The molecule has 0 radical (unpaired) electrons. The Morgan fingerprint density at radius 1 is 0.986 bits per heavy atom. The Kier molecular flexibility index (Phi) is 17.2. The minimum Gasteiger partial charge on any atom is -0.504 e. The number of ether oxygens (including phenoxy) is 2. The van der Waals surface area contributed by atoms with Crippen LogP contribution >= 0.6 is 0 Å². The third-order valence-electron chi connectivity index (χ3n) is 11.0. The maximum absolute atomic E-state index is 14.8. The Bertz CT molecular complexity index is 2660. The van der Waals surface area contributed by atoms with Gasteiger partial charge in [-0.2, -0.15) is 13.1 Å². The second kappa shape index (κ2) is 22.4. The molecule has 1 aliphatic rings. The monoisotopic (exact) mass is 977 g/mol. The molecule has 0 unspecified atom stereocenters. The van der Waals surface area contributed by atoms with Crippen molar-refractivity contribution in [2.24, 2.45) is 16.6 Å². The SMILES string of the molecule is C[C@@H]1NC(=O)[C@@H](N(C)C(=O)[C@H](CNS(N)(=O)=O)NC(=O)c2cnc(-c3ccc(C(C)(C)C)cc3)nc2N)c2cc(OC[C@H](O)CN)c(O)c(c2)-c2cc(ccc2OCCCN)C[C@@H](C(=O)O)NC1=O. The summed E-state index contributed by atoms with van der Waals surface area (Å²) in [6.07, 6.45) is 0.0557. The number of benzene rings is 3. The molecule has 372 valence electrons. The number of carboxylic acid groups (broad SMARTS) is 1. The van der Waals surface area contributed by atoms with Gasteiger partial charge in [0.15, 0.2) is 17.3 Å². The first-order valence-corrected chi connectivity index (χ1v) is 23.2. The number of nitrogen functional groups attached to an aromatic ring is 1. The predicted molar refractivity (Wildman–Crippen MR) is 253 cm³/mol. The smallest absolute Gasteiger partial charge is 0.326 e. The van der Waals surface area contributed by atoms with E-state index in [1.165, 1.54) is 31.2 Å². The van der Waals surface area contributed by atoms with Crippen LogP contribution in [0.2, 0.25) is 0 Å². The van der Waals surface area contributed by atoms with E-state index < -0.39 is 89.0 Å². The van der Waals surface area contributed by atoms with Gasteiger partial charge in [0.1, 0.15) is 48.4 Å². The molecule has 23 nitrogen and oxygen atoms in total. The van der Waals surface area contributed by atoms with Crippen LogP contribution in [0, 0.1) is 0 Å². The standard InChI is InChI=1S/C45H59N11O12S/c1-23-40(59)53-32(44(63)64)16-24-7-12-34(67-14-6-13-46)29(15-24)30-17-26(18-35(37(30)58)68-22-28(57)19-47)36(42(61)52-23)56(5)43(62)33(21-51-69(49,65)66)54-41(60)31-20-50-39(55-38(31)48)25-8-10-27(11-9-25)45(2,3)4/h7-12,15,17-18,20,23,28,32-33,36,51,57-58H,6,13-14,16,19,21-22,46-47H2,1-5H3,(H,52,61)(H,53,59)(H,54,60)(H,63,64)(H2,48,50,55)(H2,49,65,66)/t23-,28+,32-,33-,36-/m0/s1. The second-order valence-corrected chi connectivity index (χ2v) is 18.7. The van der Waals surface area contributed by atoms with Crippen molar-refractivity contribution in [2.45, 2.75) is 76.2 Å². The van der Waals surface area contributed by atoms with Gasteiger partial charge in [0.2, 0.25) is 17.7 Å². The minimum absolute atomic E-state index is 0.0567. The summed E-state index contributed by atoms with van der Waals surface area (Å²) in [6, 6.07) is 7.90. The lowest BCUT2D eigenvalue weighted by molar-refractivity contribution is -0.143. The normalized spacial score (nSPS) is 17.3. The van der Waals surface area contributed by atoms with Gasteiger partial charge in [-0.1, -0.05) is 51.1 Å². The number of amides is 4. The number of hydrogen-bond acceptors (Lipinski definition) is 16. The molecular weight excluding hydrogens is 919 g/mol. The molecule has 3 aromatic carbocycles. The number of carbonyl (C=O) groups excluding carboxylic acids is 4. The minimum atomic E-state index is -4.52. The van der Waals surface area contributed by atoms with Crippen molar-refractivity contribution in [1.82, 2.24) is 35.5 Å². The number of aromatic hydroxyl groups is 1. The summed E-state index contributed by atoms with van der Waals surface area (Å²) in [5, 5.41) is 45.0. The van der Waals surface area contributed by atoms with Crippen molar-refractivity contribution in [2.75, 3.05) is 45.6 Å². The van der Waals surface area contributed by atoms with Gasteiger partial charge < -0.3 is 62.8 Å². The van der Waals surface area contributed by atoms with E-state index in [-0.39, 0.29) is 76.9 Å². The maximum atomic E-state index is 14.8. The van der Waals surface area contributed by atoms with Gasteiger partial charge >= 0.3 is 5.97 Å². The zero-order valence-corrected chi connectivity index (χ0v) is 39.5. The molecule has 69 heavy (non-hydrogen) atoms. The number of nitrogens with two attached hydrogens (primary N) is 4. The number of hydrogen-bond donors (Lipinski definition) is 11. The number of aliphatic hydroxyl groups is 1. The second-order valence-electron chi connectivity index (χ2n) is 17.4. The van der Waals surface area contributed by atoms with Gasteiger partial charge in [-0.25, -0.2) is 19.9 Å². The molecule has 1 aliphatic heterocycles. The largest absolute Gasteiger partial charge is 0.504 e. The molecular formula is C45H59N11O12S. The molecule has 0 aliphatic carbocycles. The summed E-state index contributed by atoms with van der Waals surface area (Å²) in [5.41, 5.74) is 19.2. The molecule has 1 aromatic heterocycles. The van der Waals surface area contributed by atoms with Crippen molar-refractivity contribution in [3.63, 3.8) is 0 Å². The van der Waals surface area contributed by atoms with Gasteiger partial charge in [0.05, 0.1) is 12.2 Å². The van der Waals surface area contributed by atoms with E-state index in [2.05, 4.69) is 46.7 Å². The van der Waals surface area contributed by atoms with E-state index in [0.717, 1.165) is 23.7 Å². The Balaban J connectivity index is 1.64. The van der Waals surface area contributed by atoms with Crippen LogP contribution in [-0.2, 0) is 41.2 Å². The third-order valence-corrected chi connectivity index (χ3v) is 11.6. The van der Waals surface area contributed by atoms with Gasteiger partial charge in [0.25, 0.3) is 16.1 Å². The number of phenols is 1. The van der Waals surface area contributed by atoms with Crippen molar-refractivity contribution < 1.29 is 57.2 Å². The van der Waals surface area contributed by atoms with Crippen LogP contribution in [0.25, 0.3) is 22.5 Å². The molecule has 0 fully saturated rings. The highest BCUT2D eigenvalue weighted by atomic mass is 32.2. The van der Waals surface area contributed by atoms with Crippen molar-refractivity contribution in [1.29, 1.82) is 0 Å². The number of likely N-dealkylation sites (N-methyl/N-ethyl adjacent to an activating group) is 1. The van der Waals surface area contributed by atoms with Crippen LogP contribution < -0.4 is 52.5 Å². The zero-order valence-electron chi connectivity index (χ0n) is 38.7. The van der Waals surface area contributed by atoms with Crippen LogP contribution in [0.1, 0.15) is 67.2 Å². The molecule has 4 bridgehead atoms. The molecule has 15 N–H and O–H groups in total. The number of anilines is 1. The van der Waals surface area contributed by atoms with Gasteiger partial charge in [0, 0.05) is 49.4 Å². The van der Waals surface area contributed by atoms with E-state index in [1.54, 1.807) is 18.2 Å². The number of rotatable bonds is 17. The van der Waals surface area contributed by atoms with Crippen molar-refractivity contribution >= 4 is 45.6 Å². The number of carboxylic acids is 1. The first-order valence-electron chi connectivity index (χ1n) is 21.7. The van der Waals surface area contributed by atoms with Gasteiger partial charge in [-0.3, -0.25) is 19.2 Å². The number of carbonyl (C=O) groups is 5. The number of nitrogens with one attached hydrogen (secondary N) is 4. The number of phenolic OH excluding ortho intramolecular Hbond substituents is 1. The number of nitrogens with zero attached hydrogens (tertiary/aromatic N) is 3. The highest BCUT2D eigenvalue weighted by molar-refractivity contribution is 7.87.